The van der Waals surface area contributed by atoms with Gasteiger partial charge in [-0.15, -0.1) is 11.3 Å². The molecule has 0 aromatic carbocycles. The second-order valence-electron chi connectivity index (χ2n) is 4.65. The minimum atomic E-state index is -2.57. The zero-order valence-corrected chi connectivity index (χ0v) is 12.2. The summed E-state index contributed by atoms with van der Waals surface area (Å²) in [6.45, 7) is -0.617. The summed E-state index contributed by atoms with van der Waals surface area (Å²) in [5.41, 5.74) is 5.89. The first-order valence-corrected chi connectivity index (χ1v) is 7.23. The summed E-state index contributed by atoms with van der Waals surface area (Å²) in [7, 11) is 1.40. The van der Waals surface area contributed by atoms with Crippen molar-refractivity contribution in [3.8, 4) is 0 Å². The molecule has 9 heteroatoms. The number of rotatable bonds is 6. The van der Waals surface area contributed by atoms with Gasteiger partial charge in [0.2, 0.25) is 0 Å². The first-order valence-electron chi connectivity index (χ1n) is 6.41. The van der Waals surface area contributed by atoms with Gasteiger partial charge in [0.15, 0.2) is 0 Å². The number of alkyl halides is 2. The highest BCUT2D eigenvalue weighted by Gasteiger charge is 2.29. The minimum absolute atomic E-state index is 0.00858. The predicted octanol–water partition coefficient (Wildman–Crippen LogP) is 1.26. The topological polar surface area (TPSA) is 96.2 Å². The van der Waals surface area contributed by atoms with Crippen molar-refractivity contribution in [2.45, 2.75) is 25.3 Å². The molecular formula is C12H16F2N4O2S. The Morgan fingerprint density at radius 2 is 2.05 bits per heavy atom. The molecule has 5 N–H and O–H groups in total. The van der Waals surface area contributed by atoms with E-state index < -0.39 is 18.9 Å². The van der Waals surface area contributed by atoms with Crippen LogP contribution in [0.15, 0.2) is 0 Å². The van der Waals surface area contributed by atoms with Gasteiger partial charge < -0.3 is 21.7 Å². The second-order valence-corrected chi connectivity index (χ2v) is 5.67. The third-order valence-corrected chi connectivity index (χ3v) is 4.10. The maximum atomic E-state index is 12.3. The predicted molar refractivity (Wildman–Crippen MR) is 77.1 cm³/mol. The number of hydrogen-bond donors (Lipinski definition) is 4. The standard InChI is InChI=1S/C12H16F2N4O2S/c1-16-10(19)7-8(15)9(11(20)18-5-2-3-5)21-12(7)17-4-6(13)14/h5-6,17H,2-4,15H2,1H3,(H,16,19)(H,18,20). The summed E-state index contributed by atoms with van der Waals surface area (Å²) < 4.78 is 24.6. The van der Waals surface area contributed by atoms with E-state index >= 15 is 0 Å². The van der Waals surface area contributed by atoms with Gasteiger partial charge in [-0.3, -0.25) is 9.59 Å². The molecular weight excluding hydrogens is 302 g/mol. The molecule has 1 aliphatic carbocycles. The van der Waals surface area contributed by atoms with Crippen LogP contribution in [-0.2, 0) is 0 Å². The molecule has 1 aromatic heterocycles. The van der Waals surface area contributed by atoms with Crippen molar-refractivity contribution in [1.29, 1.82) is 0 Å². The highest BCUT2D eigenvalue weighted by atomic mass is 32.1. The van der Waals surface area contributed by atoms with Crippen molar-refractivity contribution in [2.24, 2.45) is 0 Å². The maximum Gasteiger partial charge on any atom is 0.263 e. The first kappa shape index (κ1) is 15.5. The molecule has 6 nitrogen and oxygen atoms in total. The lowest BCUT2D eigenvalue weighted by Gasteiger charge is -2.06. The smallest absolute Gasteiger partial charge is 0.263 e. The van der Waals surface area contributed by atoms with Crippen LogP contribution in [0.25, 0.3) is 0 Å². The molecule has 0 aliphatic heterocycles. The number of halogens is 2. The Kier molecular flexibility index (Phi) is 4.61. The quantitative estimate of drug-likeness (QED) is 0.635. The van der Waals surface area contributed by atoms with Crippen molar-refractivity contribution >= 4 is 33.8 Å². The monoisotopic (exact) mass is 318 g/mol. The average molecular weight is 318 g/mol. The lowest BCUT2D eigenvalue weighted by atomic mass is 10.2. The van der Waals surface area contributed by atoms with Crippen LogP contribution in [0.5, 0.6) is 0 Å². The molecule has 21 heavy (non-hydrogen) atoms. The lowest BCUT2D eigenvalue weighted by Crippen LogP contribution is -2.26. The van der Waals surface area contributed by atoms with Crippen molar-refractivity contribution in [2.75, 3.05) is 24.6 Å². The molecule has 0 radical (unpaired) electrons. The van der Waals surface area contributed by atoms with Crippen molar-refractivity contribution in [1.82, 2.24) is 10.6 Å². The molecule has 0 atom stereocenters. The number of thiophene rings is 1. The number of nitrogens with two attached hydrogens (primary N) is 1. The third-order valence-electron chi connectivity index (χ3n) is 2.93. The van der Waals surface area contributed by atoms with Crippen LogP contribution in [0, 0.1) is 0 Å². The van der Waals surface area contributed by atoms with E-state index in [2.05, 4.69) is 16.0 Å². The number of carbonyl (C=O) groups excluding carboxylic acids is 2. The molecule has 2 rings (SSSR count). The summed E-state index contributed by atoms with van der Waals surface area (Å²) in [6.07, 6.45) is -0.749. The molecule has 1 aromatic rings. The number of nitrogens with one attached hydrogen (secondary N) is 3. The minimum Gasteiger partial charge on any atom is -0.397 e. The van der Waals surface area contributed by atoms with Crippen LogP contribution in [-0.4, -0.2) is 37.9 Å². The molecule has 1 heterocycles. The van der Waals surface area contributed by atoms with Crippen LogP contribution in [0.1, 0.15) is 32.9 Å². The highest BCUT2D eigenvalue weighted by molar-refractivity contribution is 7.19. The van der Waals surface area contributed by atoms with E-state index in [9.17, 15) is 18.4 Å². The Balaban J connectivity index is 2.28. The van der Waals surface area contributed by atoms with Crippen LogP contribution in [0.4, 0.5) is 19.5 Å². The van der Waals surface area contributed by atoms with Crippen molar-refractivity contribution in [3.05, 3.63) is 10.4 Å². The van der Waals surface area contributed by atoms with Gasteiger partial charge >= 0.3 is 0 Å². The highest BCUT2D eigenvalue weighted by Crippen LogP contribution is 2.36. The SMILES string of the molecule is CNC(=O)c1c(NCC(F)F)sc(C(=O)NC2CC2)c1N. The van der Waals surface area contributed by atoms with E-state index in [1.54, 1.807) is 0 Å². The van der Waals surface area contributed by atoms with Crippen LogP contribution < -0.4 is 21.7 Å². The fraction of sp³-hybridized carbons (Fsp3) is 0.500. The van der Waals surface area contributed by atoms with E-state index in [1.165, 1.54) is 7.05 Å². The van der Waals surface area contributed by atoms with Gasteiger partial charge in [0.1, 0.15) is 9.88 Å². The van der Waals surface area contributed by atoms with E-state index in [0.717, 1.165) is 24.2 Å². The molecule has 0 spiro atoms. The summed E-state index contributed by atoms with van der Waals surface area (Å²) in [4.78, 5) is 24.0. The molecule has 1 fully saturated rings. The van der Waals surface area contributed by atoms with E-state index in [4.69, 9.17) is 5.73 Å². The Morgan fingerprint density at radius 1 is 1.38 bits per heavy atom. The number of nitrogen functional groups attached to an aromatic ring is 1. The summed E-state index contributed by atoms with van der Waals surface area (Å²) in [6, 6.07) is 0.139. The number of amides is 2. The fourth-order valence-electron chi connectivity index (χ4n) is 1.74. The lowest BCUT2D eigenvalue weighted by molar-refractivity contribution is 0.0955. The largest absolute Gasteiger partial charge is 0.397 e. The van der Waals surface area contributed by atoms with Gasteiger partial charge in [0, 0.05) is 13.1 Å². The fourth-order valence-corrected chi connectivity index (χ4v) is 2.76. The van der Waals surface area contributed by atoms with Gasteiger partial charge in [0.25, 0.3) is 18.2 Å². The molecule has 0 unspecified atom stereocenters. The van der Waals surface area contributed by atoms with Gasteiger partial charge in [-0.25, -0.2) is 8.78 Å². The molecule has 0 bridgehead atoms. The summed E-state index contributed by atoms with van der Waals surface area (Å²) >= 11 is 0.907. The van der Waals surface area contributed by atoms with Gasteiger partial charge in [-0.1, -0.05) is 0 Å². The molecule has 1 saturated carbocycles. The molecule has 0 saturated heterocycles. The Morgan fingerprint density at radius 3 is 2.57 bits per heavy atom. The van der Waals surface area contributed by atoms with Crippen LogP contribution >= 0.6 is 11.3 Å². The van der Waals surface area contributed by atoms with Gasteiger partial charge in [0.05, 0.1) is 17.8 Å². The third kappa shape index (κ3) is 3.60. The maximum absolute atomic E-state index is 12.3. The molecule has 116 valence electrons. The Labute approximate surface area is 124 Å². The number of anilines is 2. The number of hydrogen-bond acceptors (Lipinski definition) is 5. The van der Waals surface area contributed by atoms with E-state index in [-0.39, 0.29) is 33.1 Å². The van der Waals surface area contributed by atoms with E-state index in [0.29, 0.717) is 0 Å². The van der Waals surface area contributed by atoms with Gasteiger partial charge in [-0.05, 0) is 12.8 Å². The average Bonchev–Trinajstić information content (AvgIpc) is 3.17. The van der Waals surface area contributed by atoms with Crippen molar-refractivity contribution < 1.29 is 18.4 Å². The molecule has 2 amide bonds. The summed E-state index contributed by atoms with van der Waals surface area (Å²) in [5.74, 6) is -0.902. The normalized spacial score (nSPS) is 14.1. The van der Waals surface area contributed by atoms with E-state index in [1.807, 2.05) is 0 Å². The number of carbonyl (C=O) groups is 2. The molecule has 1 aliphatic rings. The second kappa shape index (κ2) is 6.25. The van der Waals surface area contributed by atoms with Crippen molar-refractivity contribution in [3.63, 3.8) is 0 Å². The van der Waals surface area contributed by atoms with Gasteiger partial charge in [-0.2, -0.15) is 0 Å². The Hall–Kier alpha value is -1.90. The zero-order chi connectivity index (χ0) is 15.6. The summed E-state index contributed by atoms with van der Waals surface area (Å²) in [5, 5.41) is 7.78. The van der Waals surface area contributed by atoms with Crippen LogP contribution in [0.2, 0.25) is 0 Å². The van der Waals surface area contributed by atoms with Crippen LogP contribution in [0.3, 0.4) is 0 Å². The first-order chi connectivity index (χ1) is 9.93. The Bertz CT molecular complexity index is 558. The zero-order valence-electron chi connectivity index (χ0n) is 11.3.